The Labute approximate surface area is 111 Å². The van der Waals surface area contributed by atoms with Gasteiger partial charge < -0.3 is 0 Å². The van der Waals surface area contributed by atoms with Crippen LogP contribution >= 0.6 is 15.9 Å². The summed E-state index contributed by atoms with van der Waals surface area (Å²) in [5.41, 5.74) is 5.65. The standard InChI is InChI=1S/C12H21BrN4/c1-7-11(13)10(17(4)16-7)5-9(15-14)8-6-12(8,2)3/h8-9,15H,5-6,14H2,1-4H3. The fraction of sp³-hybridized carbons (Fsp3) is 0.750. The minimum absolute atomic E-state index is 0.330. The largest absolute Gasteiger partial charge is 0.271 e. The number of hydrazine groups is 1. The predicted octanol–water partition coefficient (Wildman–Crippen LogP) is 1.91. The first-order valence-corrected chi connectivity index (χ1v) is 6.80. The Balaban J connectivity index is 2.14. The Kier molecular flexibility index (Phi) is 3.36. The molecule has 0 aromatic carbocycles. The minimum atomic E-state index is 0.330. The molecule has 0 spiro atoms. The highest BCUT2D eigenvalue weighted by atomic mass is 79.9. The van der Waals surface area contributed by atoms with Gasteiger partial charge in [0.2, 0.25) is 0 Å². The highest BCUT2D eigenvalue weighted by molar-refractivity contribution is 9.10. The Morgan fingerprint density at radius 1 is 1.65 bits per heavy atom. The van der Waals surface area contributed by atoms with E-state index in [1.165, 1.54) is 12.1 Å². The number of rotatable bonds is 4. The maximum absolute atomic E-state index is 5.69. The maximum atomic E-state index is 5.69. The van der Waals surface area contributed by atoms with Gasteiger partial charge in [-0.2, -0.15) is 5.10 Å². The molecule has 2 rings (SSSR count). The molecule has 1 fully saturated rings. The number of nitrogens with two attached hydrogens (primary N) is 1. The lowest BCUT2D eigenvalue weighted by Crippen LogP contribution is -2.40. The molecule has 1 aliphatic carbocycles. The molecule has 5 heteroatoms. The lowest BCUT2D eigenvalue weighted by atomic mass is 10.0. The van der Waals surface area contributed by atoms with Gasteiger partial charge in [0.1, 0.15) is 0 Å². The molecule has 2 unspecified atom stereocenters. The Morgan fingerprint density at radius 3 is 2.59 bits per heavy atom. The lowest BCUT2D eigenvalue weighted by Gasteiger charge is -2.18. The number of nitrogens with one attached hydrogen (secondary N) is 1. The van der Waals surface area contributed by atoms with Crippen LogP contribution in [-0.4, -0.2) is 15.8 Å². The Hall–Kier alpha value is -0.390. The predicted molar refractivity (Wildman–Crippen MR) is 72.3 cm³/mol. The van der Waals surface area contributed by atoms with Crippen molar-refractivity contribution in [2.24, 2.45) is 24.2 Å². The van der Waals surface area contributed by atoms with E-state index in [1.54, 1.807) is 0 Å². The van der Waals surface area contributed by atoms with E-state index in [4.69, 9.17) is 5.84 Å². The van der Waals surface area contributed by atoms with Crippen molar-refractivity contribution in [1.29, 1.82) is 0 Å². The van der Waals surface area contributed by atoms with Crippen LogP contribution in [0.4, 0.5) is 0 Å². The summed E-state index contributed by atoms with van der Waals surface area (Å²) in [5.74, 6) is 6.36. The summed E-state index contributed by atoms with van der Waals surface area (Å²) in [5, 5.41) is 4.42. The molecule has 0 bridgehead atoms. The van der Waals surface area contributed by atoms with Crippen molar-refractivity contribution in [3.63, 3.8) is 0 Å². The number of nitrogens with zero attached hydrogens (tertiary/aromatic N) is 2. The van der Waals surface area contributed by atoms with Crippen molar-refractivity contribution in [2.45, 2.75) is 39.7 Å². The first kappa shape index (κ1) is 13.1. The molecule has 4 nitrogen and oxygen atoms in total. The molecule has 0 amide bonds. The molecule has 96 valence electrons. The zero-order valence-corrected chi connectivity index (χ0v) is 12.5. The summed E-state index contributed by atoms with van der Waals surface area (Å²) < 4.78 is 3.05. The highest BCUT2D eigenvalue weighted by Crippen LogP contribution is 2.54. The fourth-order valence-corrected chi connectivity index (χ4v) is 3.12. The van der Waals surface area contributed by atoms with Crippen LogP contribution in [-0.2, 0) is 13.5 Å². The minimum Gasteiger partial charge on any atom is -0.271 e. The van der Waals surface area contributed by atoms with Crippen molar-refractivity contribution in [3.8, 4) is 0 Å². The Morgan fingerprint density at radius 2 is 2.24 bits per heavy atom. The molecule has 0 radical (unpaired) electrons. The van der Waals surface area contributed by atoms with Crippen LogP contribution in [0.25, 0.3) is 0 Å². The van der Waals surface area contributed by atoms with Gasteiger partial charge in [-0.05, 0) is 40.6 Å². The molecular weight excluding hydrogens is 280 g/mol. The molecular formula is C12H21BrN4. The van der Waals surface area contributed by atoms with E-state index in [9.17, 15) is 0 Å². The Bertz CT molecular complexity index is 424. The molecule has 17 heavy (non-hydrogen) atoms. The molecule has 0 aliphatic heterocycles. The summed E-state index contributed by atoms with van der Waals surface area (Å²) >= 11 is 3.60. The monoisotopic (exact) mass is 300 g/mol. The quantitative estimate of drug-likeness (QED) is 0.660. The van der Waals surface area contributed by atoms with Crippen molar-refractivity contribution >= 4 is 15.9 Å². The van der Waals surface area contributed by atoms with Crippen LogP contribution in [0.3, 0.4) is 0 Å². The van der Waals surface area contributed by atoms with Crippen LogP contribution < -0.4 is 11.3 Å². The summed E-state index contributed by atoms with van der Waals surface area (Å²) in [6.07, 6.45) is 2.17. The molecule has 0 saturated heterocycles. The average molecular weight is 301 g/mol. The van der Waals surface area contributed by atoms with Crippen LogP contribution in [0.15, 0.2) is 4.47 Å². The van der Waals surface area contributed by atoms with E-state index in [1.807, 2.05) is 18.7 Å². The van der Waals surface area contributed by atoms with Gasteiger partial charge in [0.15, 0.2) is 0 Å². The van der Waals surface area contributed by atoms with Crippen LogP contribution in [0.1, 0.15) is 31.7 Å². The summed E-state index contributed by atoms with van der Waals surface area (Å²) in [6.45, 7) is 6.61. The van der Waals surface area contributed by atoms with E-state index in [0.717, 1.165) is 16.6 Å². The molecule has 2 atom stereocenters. The van der Waals surface area contributed by atoms with Crippen molar-refractivity contribution in [1.82, 2.24) is 15.2 Å². The second kappa shape index (κ2) is 4.37. The first-order valence-electron chi connectivity index (χ1n) is 6.01. The number of hydrogen-bond acceptors (Lipinski definition) is 3. The third-order valence-corrected chi connectivity index (χ3v) is 5.00. The topological polar surface area (TPSA) is 55.9 Å². The van der Waals surface area contributed by atoms with E-state index in [0.29, 0.717) is 17.4 Å². The van der Waals surface area contributed by atoms with E-state index in [-0.39, 0.29) is 0 Å². The van der Waals surface area contributed by atoms with Gasteiger partial charge in [-0.3, -0.25) is 16.0 Å². The highest BCUT2D eigenvalue weighted by Gasteiger charge is 2.49. The lowest BCUT2D eigenvalue weighted by molar-refractivity contribution is 0.401. The van der Waals surface area contributed by atoms with Crippen molar-refractivity contribution < 1.29 is 0 Å². The average Bonchev–Trinajstić information content (AvgIpc) is 2.80. The summed E-state index contributed by atoms with van der Waals surface area (Å²) in [4.78, 5) is 0. The van der Waals surface area contributed by atoms with Gasteiger partial charge >= 0.3 is 0 Å². The van der Waals surface area contributed by atoms with Gasteiger partial charge in [0.05, 0.1) is 15.9 Å². The van der Waals surface area contributed by atoms with Crippen LogP contribution in [0.2, 0.25) is 0 Å². The fourth-order valence-electron chi connectivity index (χ4n) is 2.62. The summed E-state index contributed by atoms with van der Waals surface area (Å²) in [7, 11) is 1.98. The van der Waals surface area contributed by atoms with E-state index < -0.39 is 0 Å². The van der Waals surface area contributed by atoms with Gasteiger partial charge in [-0.1, -0.05) is 13.8 Å². The number of halogens is 1. The van der Waals surface area contributed by atoms with Crippen molar-refractivity contribution in [3.05, 3.63) is 15.9 Å². The van der Waals surface area contributed by atoms with Crippen LogP contribution in [0.5, 0.6) is 0 Å². The maximum Gasteiger partial charge on any atom is 0.0738 e. The van der Waals surface area contributed by atoms with Gasteiger partial charge in [0, 0.05) is 19.5 Å². The molecule has 1 aliphatic rings. The van der Waals surface area contributed by atoms with Crippen LogP contribution in [0, 0.1) is 18.3 Å². The second-order valence-electron chi connectivity index (χ2n) is 5.75. The van der Waals surface area contributed by atoms with E-state index in [2.05, 4.69) is 40.3 Å². The molecule has 1 saturated carbocycles. The molecule has 1 heterocycles. The summed E-state index contributed by atoms with van der Waals surface area (Å²) in [6, 6.07) is 0.330. The van der Waals surface area contributed by atoms with Crippen molar-refractivity contribution in [2.75, 3.05) is 0 Å². The third kappa shape index (κ3) is 2.41. The van der Waals surface area contributed by atoms with Gasteiger partial charge in [0.25, 0.3) is 0 Å². The zero-order chi connectivity index (χ0) is 12.8. The van der Waals surface area contributed by atoms with Gasteiger partial charge in [-0.25, -0.2) is 0 Å². The molecule has 3 N–H and O–H groups in total. The zero-order valence-electron chi connectivity index (χ0n) is 10.9. The normalized spacial score (nSPS) is 23.8. The number of hydrogen-bond donors (Lipinski definition) is 2. The first-order chi connectivity index (χ1) is 7.86. The van der Waals surface area contributed by atoms with Gasteiger partial charge in [-0.15, -0.1) is 0 Å². The third-order valence-electron chi connectivity index (χ3n) is 3.96. The van der Waals surface area contributed by atoms with E-state index >= 15 is 0 Å². The molecule has 1 aromatic heterocycles. The number of aryl methyl sites for hydroxylation is 2. The smallest absolute Gasteiger partial charge is 0.0738 e. The number of aromatic nitrogens is 2. The molecule has 1 aromatic rings. The second-order valence-corrected chi connectivity index (χ2v) is 6.54. The SMILES string of the molecule is Cc1nn(C)c(CC(NN)C2CC2(C)C)c1Br.